The van der Waals surface area contributed by atoms with Crippen molar-refractivity contribution in [3.8, 4) is 0 Å². The van der Waals surface area contributed by atoms with Crippen molar-refractivity contribution in [2.24, 2.45) is 17.6 Å². The van der Waals surface area contributed by atoms with Crippen molar-refractivity contribution in [1.82, 2.24) is 20.9 Å². The fraction of sp³-hybridized carbons (Fsp3) is 0.852. The van der Waals surface area contributed by atoms with E-state index in [1.165, 1.54) is 18.7 Å². The molecule has 0 aliphatic rings. The standard InChI is InChI=1S/C27H53N5O6/c1-10-11-12-13-21(33)31-23(18(4)5)25(36)29-19(14-15-22(34)32(8)9)24(35)30-20(16-17(2)3)27(37,38)26(6,7)28/h17-20,23,37-38H,10-16,28H2,1-9H3,(H,29,36)(H,30,35)(H,31,33)/t19-,20-,23-/m0/s1. The molecule has 0 unspecified atom stereocenters. The van der Waals surface area contributed by atoms with Crippen molar-refractivity contribution in [3.63, 3.8) is 0 Å². The third-order valence-electron chi connectivity index (χ3n) is 6.51. The van der Waals surface area contributed by atoms with Crippen molar-refractivity contribution >= 4 is 23.6 Å². The minimum atomic E-state index is -2.45. The predicted molar refractivity (Wildman–Crippen MR) is 148 cm³/mol. The molecular weight excluding hydrogens is 490 g/mol. The molecule has 0 bridgehead atoms. The van der Waals surface area contributed by atoms with Gasteiger partial charge >= 0.3 is 0 Å². The zero-order chi connectivity index (χ0) is 29.8. The first-order valence-electron chi connectivity index (χ1n) is 13.7. The molecule has 0 aromatic carbocycles. The minimum Gasteiger partial charge on any atom is -0.363 e. The molecule has 0 spiro atoms. The van der Waals surface area contributed by atoms with Crippen LogP contribution in [0.4, 0.5) is 0 Å². The second kappa shape index (κ2) is 16.0. The van der Waals surface area contributed by atoms with Crippen LogP contribution in [-0.2, 0) is 19.2 Å². The predicted octanol–water partition coefficient (Wildman–Crippen LogP) is 1.01. The first-order valence-corrected chi connectivity index (χ1v) is 13.7. The summed E-state index contributed by atoms with van der Waals surface area (Å²) in [5.74, 6) is -4.44. The summed E-state index contributed by atoms with van der Waals surface area (Å²) in [4.78, 5) is 52.7. The van der Waals surface area contributed by atoms with Crippen molar-refractivity contribution in [3.05, 3.63) is 0 Å². The summed E-state index contributed by atoms with van der Waals surface area (Å²) in [6, 6.07) is -3.18. The van der Waals surface area contributed by atoms with E-state index in [1.807, 2.05) is 20.8 Å². The van der Waals surface area contributed by atoms with E-state index in [9.17, 15) is 29.4 Å². The summed E-state index contributed by atoms with van der Waals surface area (Å²) in [5.41, 5.74) is 4.54. The van der Waals surface area contributed by atoms with Crippen LogP contribution in [0.5, 0.6) is 0 Å². The molecule has 0 saturated heterocycles. The Morgan fingerprint density at radius 1 is 0.895 bits per heavy atom. The lowest BCUT2D eigenvalue weighted by Gasteiger charge is -2.42. The van der Waals surface area contributed by atoms with Crippen LogP contribution < -0.4 is 21.7 Å². The van der Waals surface area contributed by atoms with E-state index in [2.05, 4.69) is 16.0 Å². The Kier molecular flexibility index (Phi) is 15.1. The van der Waals surface area contributed by atoms with Crippen molar-refractivity contribution in [2.45, 2.75) is 123 Å². The molecule has 222 valence electrons. The summed E-state index contributed by atoms with van der Waals surface area (Å²) in [7, 11) is 3.18. The topological polar surface area (TPSA) is 174 Å². The Morgan fingerprint density at radius 3 is 1.92 bits per heavy atom. The monoisotopic (exact) mass is 543 g/mol. The lowest BCUT2D eigenvalue weighted by Crippen LogP contribution is -2.68. The van der Waals surface area contributed by atoms with Gasteiger partial charge in [-0.05, 0) is 44.9 Å². The van der Waals surface area contributed by atoms with Gasteiger partial charge in [0.15, 0.2) is 0 Å². The number of carbonyl (C=O) groups excluding carboxylic acids is 4. The van der Waals surface area contributed by atoms with Gasteiger partial charge in [-0.2, -0.15) is 0 Å². The molecule has 11 nitrogen and oxygen atoms in total. The highest BCUT2D eigenvalue weighted by Crippen LogP contribution is 2.25. The number of hydrogen-bond donors (Lipinski definition) is 6. The highest BCUT2D eigenvalue weighted by atomic mass is 16.5. The Labute approximate surface area is 228 Å². The second-order valence-corrected chi connectivity index (χ2v) is 11.8. The molecule has 0 heterocycles. The molecule has 11 heteroatoms. The molecule has 0 aromatic heterocycles. The van der Waals surface area contributed by atoms with Gasteiger partial charge in [0, 0.05) is 26.9 Å². The lowest BCUT2D eigenvalue weighted by atomic mass is 9.84. The van der Waals surface area contributed by atoms with E-state index in [0.717, 1.165) is 12.8 Å². The van der Waals surface area contributed by atoms with Crippen molar-refractivity contribution in [1.29, 1.82) is 0 Å². The van der Waals surface area contributed by atoms with Gasteiger partial charge in [-0.15, -0.1) is 0 Å². The molecule has 38 heavy (non-hydrogen) atoms. The SMILES string of the molecule is CCCCCC(=O)N[C@H](C(=O)N[C@@H](CCC(=O)N(C)C)C(=O)N[C@@H](CC(C)C)C(O)(O)C(C)(C)N)C(C)C. The van der Waals surface area contributed by atoms with E-state index in [1.54, 1.807) is 27.9 Å². The zero-order valence-corrected chi connectivity index (χ0v) is 24.9. The van der Waals surface area contributed by atoms with Gasteiger partial charge in [-0.25, -0.2) is 0 Å². The zero-order valence-electron chi connectivity index (χ0n) is 24.9. The minimum absolute atomic E-state index is 0.0158. The molecule has 0 aliphatic carbocycles. The maximum absolute atomic E-state index is 13.4. The first kappa shape index (κ1) is 35.8. The molecular formula is C27H53N5O6. The average Bonchev–Trinajstić information content (AvgIpc) is 2.77. The van der Waals surface area contributed by atoms with Gasteiger partial charge in [0.1, 0.15) is 12.1 Å². The number of nitrogens with one attached hydrogen (secondary N) is 3. The number of nitrogens with zero attached hydrogens (tertiary/aromatic N) is 1. The van der Waals surface area contributed by atoms with Gasteiger partial charge in [0.05, 0.1) is 11.6 Å². The van der Waals surface area contributed by atoms with E-state index in [4.69, 9.17) is 5.73 Å². The normalized spacial score (nSPS) is 14.6. The van der Waals surface area contributed by atoms with Gasteiger partial charge in [0.25, 0.3) is 0 Å². The number of amides is 4. The molecule has 0 aliphatic heterocycles. The van der Waals surface area contributed by atoms with Gasteiger partial charge in [-0.1, -0.05) is 47.5 Å². The molecule has 0 fully saturated rings. The molecule has 0 aromatic rings. The molecule has 0 saturated carbocycles. The third-order valence-corrected chi connectivity index (χ3v) is 6.51. The number of aliphatic hydroxyl groups is 2. The Balaban J connectivity index is 5.90. The molecule has 0 rings (SSSR count). The van der Waals surface area contributed by atoms with Gasteiger partial charge < -0.3 is 36.8 Å². The number of unbranched alkanes of at least 4 members (excludes halogenated alkanes) is 2. The van der Waals surface area contributed by atoms with Crippen molar-refractivity contribution in [2.75, 3.05) is 14.1 Å². The molecule has 4 amide bonds. The van der Waals surface area contributed by atoms with Crippen LogP contribution in [0.15, 0.2) is 0 Å². The second-order valence-electron chi connectivity index (χ2n) is 11.8. The highest BCUT2D eigenvalue weighted by Gasteiger charge is 2.47. The first-order chi connectivity index (χ1) is 17.3. The fourth-order valence-electron chi connectivity index (χ4n) is 3.85. The van der Waals surface area contributed by atoms with Crippen LogP contribution in [0.1, 0.15) is 93.4 Å². The van der Waals surface area contributed by atoms with Gasteiger partial charge in [-0.3, -0.25) is 19.2 Å². The third kappa shape index (κ3) is 12.1. The van der Waals surface area contributed by atoms with Crippen LogP contribution in [0.2, 0.25) is 0 Å². The van der Waals surface area contributed by atoms with Crippen molar-refractivity contribution < 1.29 is 29.4 Å². The number of rotatable bonds is 17. The molecule has 3 atom stereocenters. The fourth-order valence-corrected chi connectivity index (χ4v) is 3.85. The maximum atomic E-state index is 13.4. The van der Waals surface area contributed by atoms with Crippen LogP contribution in [0.25, 0.3) is 0 Å². The van der Waals surface area contributed by atoms with E-state index < -0.39 is 41.3 Å². The number of hydrogen-bond acceptors (Lipinski definition) is 7. The molecule has 7 N–H and O–H groups in total. The van der Waals surface area contributed by atoms with Crippen LogP contribution in [-0.4, -0.2) is 82.3 Å². The van der Waals surface area contributed by atoms with Crippen LogP contribution in [0, 0.1) is 11.8 Å². The maximum Gasteiger partial charge on any atom is 0.243 e. The van der Waals surface area contributed by atoms with E-state index in [0.29, 0.717) is 12.8 Å². The largest absolute Gasteiger partial charge is 0.363 e. The Hall–Kier alpha value is -2.24. The molecule has 0 radical (unpaired) electrons. The summed E-state index contributed by atoms with van der Waals surface area (Å²) in [6.07, 6.45) is 3.04. The van der Waals surface area contributed by atoms with Crippen LogP contribution in [0.3, 0.4) is 0 Å². The Bertz CT molecular complexity index is 776. The highest BCUT2D eigenvalue weighted by molar-refractivity contribution is 5.92. The van der Waals surface area contributed by atoms with E-state index in [-0.39, 0.29) is 42.9 Å². The van der Waals surface area contributed by atoms with Gasteiger partial charge in [0.2, 0.25) is 29.4 Å². The Morgan fingerprint density at radius 2 is 1.47 bits per heavy atom. The van der Waals surface area contributed by atoms with E-state index >= 15 is 0 Å². The summed E-state index contributed by atoms with van der Waals surface area (Å²) >= 11 is 0. The smallest absolute Gasteiger partial charge is 0.243 e. The summed E-state index contributed by atoms with van der Waals surface area (Å²) in [6.45, 7) is 12.2. The lowest BCUT2D eigenvalue weighted by molar-refractivity contribution is -0.224. The number of nitrogens with two attached hydrogens (primary N) is 1. The summed E-state index contributed by atoms with van der Waals surface area (Å²) < 4.78 is 0. The van der Waals surface area contributed by atoms with Crippen LogP contribution >= 0.6 is 0 Å². The summed E-state index contributed by atoms with van der Waals surface area (Å²) in [5, 5.41) is 29.8. The average molecular weight is 544 g/mol. The quantitative estimate of drug-likeness (QED) is 0.117. The number of carbonyl (C=O) groups is 4.